The van der Waals surface area contributed by atoms with Crippen molar-refractivity contribution in [2.24, 2.45) is 0 Å². The molecule has 1 N–H and O–H groups in total. The minimum absolute atomic E-state index is 0.00118. The van der Waals surface area contributed by atoms with Crippen LogP contribution >= 0.6 is 0 Å². The van der Waals surface area contributed by atoms with Crippen molar-refractivity contribution in [1.82, 2.24) is 35.3 Å². The second kappa shape index (κ2) is 7.18. The zero-order chi connectivity index (χ0) is 17.9. The summed E-state index contributed by atoms with van der Waals surface area (Å²) in [6.07, 6.45) is 0. The summed E-state index contributed by atoms with van der Waals surface area (Å²) in [7, 11) is 0. The molecule has 0 spiro atoms. The third kappa shape index (κ3) is 4.54. The van der Waals surface area contributed by atoms with Crippen molar-refractivity contribution in [1.29, 1.82) is 0 Å². The molecular formula is C17H25N7O. The number of hydrogen-bond acceptors (Lipinski definition) is 5. The number of rotatable bonds is 3. The maximum atomic E-state index is 12.2. The first-order valence-corrected chi connectivity index (χ1v) is 8.54. The molecule has 0 unspecified atom stereocenters. The Morgan fingerprint density at radius 1 is 1.12 bits per heavy atom. The predicted octanol–water partition coefficient (Wildman–Crippen LogP) is 1.29. The summed E-state index contributed by atoms with van der Waals surface area (Å²) in [5.41, 5.74) is 0.733. The van der Waals surface area contributed by atoms with Gasteiger partial charge in [-0.3, -0.25) is 4.90 Å². The van der Waals surface area contributed by atoms with Gasteiger partial charge in [-0.15, -0.1) is 5.10 Å². The molecule has 2 amide bonds. The molecule has 134 valence electrons. The van der Waals surface area contributed by atoms with Crippen LogP contribution in [0.2, 0.25) is 0 Å². The molecule has 8 nitrogen and oxygen atoms in total. The number of amides is 2. The standard InChI is InChI=1S/C17H25N7O/c1-17(2,3)18-16(25)23-11-9-22(10-12-23)13-15-19-20-21-24(15)14-7-5-4-6-8-14/h4-8H,9-13H2,1-3H3,(H,18,25). The molecule has 0 saturated carbocycles. The zero-order valence-electron chi connectivity index (χ0n) is 15.0. The zero-order valence-corrected chi connectivity index (χ0v) is 15.0. The normalized spacial score (nSPS) is 16.0. The molecule has 25 heavy (non-hydrogen) atoms. The number of hydrogen-bond donors (Lipinski definition) is 1. The molecule has 1 aliphatic heterocycles. The number of urea groups is 1. The van der Waals surface area contributed by atoms with Crippen LogP contribution in [0.4, 0.5) is 4.79 Å². The van der Waals surface area contributed by atoms with Crippen molar-refractivity contribution in [3.8, 4) is 5.69 Å². The van der Waals surface area contributed by atoms with Gasteiger partial charge in [-0.2, -0.15) is 4.68 Å². The van der Waals surface area contributed by atoms with Crippen molar-refractivity contribution in [3.63, 3.8) is 0 Å². The number of carbonyl (C=O) groups excluding carboxylic acids is 1. The average Bonchev–Trinajstić information content (AvgIpc) is 3.03. The fourth-order valence-electron chi connectivity index (χ4n) is 2.78. The van der Waals surface area contributed by atoms with Crippen LogP contribution in [0, 0.1) is 0 Å². The summed E-state index contributed by atoms with van der Waals surface area (Å²) in [6, 6.07) is 9.86. The van der Waals surface area contributed by atoms with Crippen molar-refractivity contribution in [3.05, 3.63) is 36.2 Å². The van der Waals surface area contributed by atoms with E-state index in [2.05, 4.69) is 25.7 Å². The average molecular weight is 343 g/mol. The molecule has 0 bridgehead atoms. The van der Waals surface area contributed by atoms with Gasteiger partial charge in [0.25, 0.3) is 0 Å². The van der Waals surface area contributed by atoms with Crippen LogP contribution < -0.4 is 5.32 Å². The Balaban J connectivity index is 1.57. The van der Waals surface area contributed by atoms with Gasteiger partial charge in [0.05, 0.1) is 12.2 Å². The quantitative estimate of drug-likeness (QED) is 0.908. The number of carbonyl (C=O) groups is 1. The Morgan fingerprint density at radius 3 is 2.44 bits per heavy atom. The monoisotopic (exact) mass is 343 g/mol. The van der Waals surface area contributed by atoms with Gasteiger partial charge in [-0.25, -0.2) is 4.79 Å². The number of nitrogens with one attached hydrogen (secondary N) is 1. The maximum absolute atomic E-state index is 12.2. The second-order valence-corrected chi connectivity index (χ2v) is 7.29. The molecule has 1 fully saturated rings. The van der Waals surface area contributed by atoms with Gasteiger partial charge >= 0.3 is 6.03 Å². The van der Waals surface area contributed by atoms with Gasteiger partial charge in [0.15, 0.2) is 5.82 Å². The second-order valence-electron chi connectivity index (χ2n) is 7.29. The van der Waals surface area contributed by atoms with Crippen LogP contribution in [-0.2, 0) is 6.54 Å². The van der Waals surface area contributed by atoms with Crippen LogP contribution in [0.3, 0.4) is 0 Å². The van der Waals surface area contributed by atoms with E-state index in [1.165, 1.54) is 0 Å². The van der Waals surface area contributed by atoms with E-state index >= 15 is 0 Å². The van der Waals surface area contributed by atoms with Crippen molar-refractivity contribution >= 4 is 6.03 Å². The Morgan fingerprint density at radius 2 is 1.80 bits per heavy atom. The predicted molar refractivity (Wildman–Crippen MR) is 94.3 cm³/mol. The lowest BCUT2D eigenvalue weighted by Crippen LogP contribution is -2.54. The van der Waals surface area contributed by atoms with Gasteiger partial charge in [0.1, 0.15) is 0 Å². The SMILES string of the molecule is CC(C)(C)NC(=O)N1CCN(Cc2nnnn2-c2ccccc2)CC1. The highest BCUT2D eigenvalue weighted by atomic mass is 16.2. The van der Waals surface area contributed by atoms with E-state index in [1.54, 1.807) is 4.68 Å². The topological polar surface area (TPSA) is 79.2 Å². The Labute approximate surface area is 147 Å². The summed E-state index contributed by atoms with van der Waals surface area (Å²) in [5, 5.41) is 15.1. The van der Waals surface area contributed by atoms with Crippen LogP contribution in [0.5, 0.6) is 0 Å². The molecule has 3 rings (SSSR count). The number of tetrazole rings is 1. The van der Waals surface area contributed by atoms with Gasteiger partial charge in [-0.1, -0.05) is 18.2 Å². The van der Waals surface area contributed by atoms with Crippen LogP contribution in [0.25, 0.3) is 5.69 Å². The molecule has 2 aromatic rings. The van der Waals surface area contributed by atoms with Crippen molar-refractivity contribution in [2.75, 3.05) is 26.2 Å². The van der Waals surface area contributed by atoms with E-state index in [9.17, 15) is 4.79 Å². The van der Waals surface area contributed by atoms with Crippen molar-refractivity contribution in [2.45, 2.75) is 32.9 Å². The van der Waals surface area contributed by atoms with E-state index < -0.39 is 0 Å². The molecule has 0 aliphatic carbocycles. The number of piperazine rings is 1. The van der Waals surface area contributed by atoms with Gasteiger partial charge < -0.3 is 10.2 Å². The largest absolute Gasteiger partial charge is 0.333 e. The molecule has 1 aliphatic rings. The fourth-order valence-corrected chi connectivity index (χ4v) is 2.78. The van der Waals surface area contributed by atoms with Gasteiger partial charge in [0, 0.05) is 31.7 Å². The lowest BCUT2D eigenvalue weighted by molar-refractivity contribution is 0.129. The van der Waals surface area contributed by atoms with Crippen molar-refractivity contribution < 1.29 is 4.79 Å². The van der Waals surface area contributed by atoms with E-state index in [0.29, 0.717) is 19.6 Å². The first-order valence-electron chi connectivity index (χ1n) is 8.54. The summed E-state index contributed by atoms with van der Waals surface area (Å²) < 4.78 is 1.76. The summed E-state index contributed by atoms with van der Waals surface area (Å²) in [5.74, 6) is 0.804. The number of aromatic nitrogens is 4. The van der Waals surface area contributed by atoms with Crippen LogP contribution in [0.1, 0.15) is 26.6 Å². The first kappa shape index (κ1) is 17.3. The Kier molecular flexibility index (Phi) is 4.98. The highest BCUT2D eigenvalue weighted by molar-refractivity contribution is 5.75. The van der Waals surface area contributed by atoms with E-state index in [0.717, 1.165) is 24.6 Å². The molecule has 0 radical (unpaired) electrons. The highest BCUT2D eigenvalue weighted by Gasteiger charge is 2.25. The van der Waals surface area contributed by atoms with E-state index in [1.807, 2.05) is 56.0 Å². The van der Waals surface area contributed by atoms with Gasteiger partial charge in [-0.05, 0) is 43.3 Å². The molecule has 8 heteroatoms. The third-order valence-corrected chi connectivity index (χ3v) is 4.04. The summed E-state index contributed by atoms with van der Waals surface area (Å²) >= 11 is 0. The van der Waals surface area contributed by atoms with Gasteiger partial charge in [0.2, 0.25) is 0 Å². The molecule has 0 atom stereocenters. The van der Waals surface area contributed by atoms with E-state index in [4.69, 9.17) is 0 Å². The first-order chi connectivity index (χ1) is 11.9. The smallest absolute Gasteiger partial charge is 0.317 e. The van der Waals surface area contributed by atoms with Crippen LogP contribution in [-0.4, -0.2) is 67.8 Å². The highest BCUT2D eigenvalue weighted by Crippen LogP contribution is 2.11. The van der Waals surface area contributed by atoms with E-state index in [-0.39, 0.29) is 11.6 Å². The molecule has 1 aromatic carbocycles. The third-order valence-electron chi connectivity index (χ3n) is 4.04. The minimum atomic E-state index is -0.216. The fraction of sp³-hybridized carbons (Fsp3) is 0.529. The molecular weight excluding hydrogens is 318 g/mol. The molecule has 2 heterocycles. The number of nitrogens with zero attached hydrogens (tertiary/aromatic N) is 6. The summed E-state index contributed by atoms with van der Waals surface area (Å²) in [6.45, 7) is 9.65. The number of para-hydroxylation sites is 1. The Hall–Kier alpha value is -2.48. The lowest BCUT2D eigenvalue weighted by atomic mass is 10.1. The Bertz CT molecular complexity index is 699. The lowest BCUT2D eigenvalue weighted by Gasteiger charge is -2.36. The summed E-state index contributed by atoms with van der Waals surface area (Å²) in [4.78, 5) is 16.4. The minimum Gasteiger partial charge on any atom is -0.333 e. The number of benzene rings is 1. The molecule has 1 saturated heterocycles. The molecule has 1 aromatic heterocycles. The van der Waals surface area contributed by atoms with Crippen LogP contribution in [0.15, 0.2) is 30.3 Å². The maximum Gasteiger partial charge on any atom is 0.317 e.